The zero-order chi connectivity index (χ0) is 20.5. The second-order valence-electron chi connectivity index (χ2n) is 9.15. The van der Waals surface area contributed by atoms with E-state index in [4.69, 9.17) is 4.52 Å². The van der Waals surface area contributed by atoms with Crippen molar-refractivity contribution >= 4 is 22.6 Å². The molecule has 0 spiro atoms. The Morgan fingerprint density at radius 2 is 2.10 bits per heavy atom. The quantitative estimate of drug-likeness (QED) is 0.521. The van der Waals surface area contributed by atoms with Gasteiger partial charge in [0.15, 0.2) is 0 Å². The van der Waals surface area contributed by atoms with E-state index >= 15 is 0 Å². The van der Waals surface area contributed by atoms with E-state index in [1.807, 2.05) is 12.3 Å². The molecule has 0 radical (unpaired) electrons. The summed E-state index contributed by atoms with van der Waals surface area (Å²) in [5.74, 6) is 1.38. The lowest BCUT2D eigenvalue weighted by atomic mass is 9.52. The summed E-state index contributed by atoms with van der Waals surface area (Å²) in [6.07, 6.45) is 8.55. The summed E-state index contributed by atoms with van der Waals surface area (Å²) in [7, 11) is 1.53. The lowest BCUT2D eigenvalue weighted by Gasteiger charge is -2.58. The Morgan fingerprint density at radius 3 is 2.83 bits per heavy atom. The molecule has 7 rings (SSSR count). The molecule has 0 saturated heterocycles. The van der Waals surface area contributed by atoms with Gasteiger partial charge in [-0.05, 0) is 55.9 Å². The molecular formula is C21H24N6O3. The average molecular weight is 408 g/mol. The predicted octanol–water partition coefficient (Wildman–Crippen LogP) is 2.32. The first-order chi connectivity index (χ1) is 14.5. The fourth-order valence-electron chi connectivity index (χ4n) is 6.25. The lowest BCUT2D eigenvalue weighted by molar-refractivity contribution is -0.129. The number of rotatable bonds is 4. The van der Waals surface area contributed by atoms with Gasteiger partial charge in [0.25, 0.3) is 17.6 Å². The van der Waals surface area contributed by atoms with Crippen LogP contribution in [0.5, 0.6) is 0 Å². The molecule has 4 fully saturated rings. The van der Waals surface area contributed by atoms with Crippen molar-refractivity contribution in [1.29, 1.82) is 0 Å². The lowest BCUT2D eigenvalue weighted by Crippen LogP contribution is -2.59. The summed E-state index contributed by atoms with van der Waals surface area (Å²) in [6.45, 7) is 0. The van der Waals surface area contributed by atoms with E-state index in [2.05, 4.69) is 30.7 Å². The van der Waals surface area contributed by atoms with Gasteiger partial charge in [-0.1, -0.05) is 5.16 Å². The van der Waals surface area contributed by atoms with Crippen molar-refractivity contribution in [3.8, 4) is 11.5 Å². The Kier molecular flexibility index (Phi) is 3.74. The summed E-state index contributed by atoms with van der Waals surface area (Å²) >= 11 is 0. The first-order valence-electron chi connectivity index (χ1n) is 10.5. The van der Waals surface area contributed by atoms with Gasteiger partial charge in [0.05, 0.1) is 16.9 Å². The Hall–Kier alpha value is -2.94. The van der Waals surface area contributed by atoms with Crippen molar-refractivity contribution < 1.29 is 14.4 Å². The maximum atomic E-state index is 11.9. The van der Waals surface area contributed by atoms with Gasteiger partial charge in [0.1, 0.15) is 5.65 Å². The van der Waals surface area contributed by atoms with Crippen LogP contribution in [0, 0.1) is 17.8 Å². The molecule has 4 aliphatic rings. The van der Waals surface area contributed by atoms with Crippen molar-refractivity contribution in [3.63, 3.8) is 0 Å². The molecule has 4 aliphatic carbocycles. The van der Waals surface area contributed by atoms with Crippen molar-refractivity contribution in [3.05, 3.63) is 24.3 Å². The van der Waals surface area contributed by atoms with Gasteiger partial charge in [-0.3, -0.25) is 4.79 Å². The summed E-state index contributed by atoms with van der Waals surface area (Å²) in [6, 6.07) is 2.26. The van der Waals surface area contributed by atoms with Crippen molar-refractivity contribution in [2.75, 3.05) is 12.4 Å². The van der Waals surface area contributed by atoms with Crippen LogP contribution in [0.4, 0.5) is 5.69 Å². The number of carbonyl (C=O) groups is 1. The van der Waals surface area contributed by atoms with Crippen LogP contribution in [0.1, 0.15) is 42.7 Å². The third-order valence-electron chi connectivity index (χ3n) is 7.23. The minimum Gasteiger partial charge on any atom is -0.390 e. The molecule has 1 amide bonds. The van der Waals surface area contributed by atoms with Gasteiger partial charge in [0, 0.05) is 30.9 Å². The largest absolute Gasteiger partial charge is 0.390 e. The standard InChI is InChI=1S/C21H24N6O3/c1-22-19(28)18-26-20(30-27-18)14-9-24-17-13(2-3-23-17)16(14)25-15-11-4-10-5-12(15)8-21(29,6-10)7-11/h2-3,9-12,15,29H,4-8H2,1H3,(H,22,28)(H2,23,24,25)/t10?,11-,12+,15-,21-. The number of aromatic amines is 1. The van der Waals surface area contributed by atoms with Crippen molar-refractivity contribution in [2.24, 2.45) is 17.8 Å². The van der Waals surface area contributed by atoms with E-state index < -0.39 is 11.5 Å². The number of anilines is 1. The highest BCUT2D eigenvalue weighted by atomic mass is 16.5. The molecule has 4 bridgehead atoms. The first-order valence-corrected chi connectivity index (χ1v) is 10.5. The van der Waals surface area contributed by atoms with Crippen LogP contribution in [-0.4, -0.2) is 49.8 Å². The smallest absolute Gasteiger partial charge is 0.292 e. The number of fused-ring (bicyclic) bond motifs is 1. The molecule has 3 heterocycles. The highest BCUT2D eigenvalue weighted by molar-refractivity contribution is 5.97. The fraction of sp³-hybridized carbons (Fsp3) is 0.524. The third kappa shape index (κ3) is 2.64. The van der Waals surface area contributed by atoms with E-state index in [-0.39, 0.29) is 17.8 Å². The number of hydrogen-bond acceptors (Lipinski definition) is 7. The molecule has 4 saturated carbocycles. The number of H-pyrrole nitrogens is 1. The van der Waals surface area contributed by atoms with E-state index in [0.717, 1.165) is 48.8 Å². The topological polar surface area (TPSA) is 129 Å². The highest BCUT2D eigenvalue weighted by Gasteiger charge is 2.54. The highest BCUT2D eigenvalue weighted by Crippen LogP contribution is 2.56. The normalized spacial score (nSPS) is 31.9. The molecule has 0 aromatic carbocycles. The molecule has 3 aromatic rings. The minimum absolute atomic E-state index is 0.00976. The predicted molar refractivity (Wildman–Crippen MR) is 109 cm³/mol. The SMILES string of the molecule is CNC(=O)c1noc(-c2cnc3[nH]ccc3c2N[C@@H]2[C@@H]3CC4C[C@H]2C[C@@](O)(C4)C3)n1. The van der Waals surface area contributed by atoms with Gasteiger partial charge in [0.2, 0.25) is 0 Å². The van der Waals surface area contributed by atoms with Gasteiger partial charge < -0.3 is 25.2 Å². The second kappa shape index (κ2) is 6.28. The molecule has 3 aromatic heterocycles. The van der Waals surface area contributed by atoms with E-state index in [1.54, 1.807) is 6.20 Å². The number of pyridine rings is 1. The van der Waals surface area contributed by atoms with Crippen LogP contribution >= 0.6 is 0 Å². The van der Waals surface area contributed by atoms with Gasteiger partial charge in [-0.15, -0.1) is 0 Å². The number of aromatic nitrogens is 4. The van der Waals surface area contributed by atoms with E-state index in [9.17, 15) is 9.90 Å². The zero-order valence-corrected chi connectivity index (χ0v) is 16.7. The van der Waals surface area contributed by atoms with Crippen molar-refractivity contribution in [2.45, 2.75) is 43.7 Å². The number of carbonyl (C=O) groups excluding carboxylic acids is 1. The van der Waals surface area contributed by atoms with Gasteiger partial charge in [-0.2, -0.15) is 4.98 Å². The van der Waals surface area contributed by atoms with Crippen LogP contribution in [-0.2, 0) is 0 Å². The number of amides is 1. The molecule has 9 nitrogen and oxygen atoms in total. The number of nitrogens with one attached hydrogen (secondary N) is 3. The molecule has 156 valence electrons. The summed E-state index contributed by atoms with van der Waals surface area (Å²) in [5.41, 5.74) is 1.86. The number of aliphatic hydroxyl groups is 1. The van der Waals surface area contributed by atoms with Crippen LogP contribution in [0.2, 0.25) is 0 Å². The number of nitrogens with zero attached hydrogens (tertiary/aromatic N) is 3. The monoisotopic (exact) mass is 408 g/mol. The van der Waals surface area contributed by atoms with Crippen molar-refractivity contribution in [1.82, 2.24) is 25.4 Å². The first kappa shape index (κ1) is 17.9. The van der Waals surface area contributed by atoms with Gasteiger partial charge in [-0.25, -0.2) is 4.98 Å². The Balaban J connectivity index is 1.40. The molecule has 30 heavy (non-hydrogen) atoms. The maximum Gasteiger partial charge on any atom is 0.292 e. The van der Waals surface area contributed by atoms with Gasteiger partial charge >= 0.3 is 0 Å². The zero-order valence-electron chi connectivity index (χ0n) is 16.7. The Morgan fingerprint density at radius 1 is 1.30 bits per heavy atom. The summed E-state index contributed by atoms with van der Waals surface area (Å²) in [5, 5.41) is 22.0. The molecule has 9 heteroatoms. The molecule has 4 N–H and O–H groups in total. The minimum atomic E-state index is -0.478. The van der Waals surface area contributed by atoms with Crippen LogP contribution in [0.15, 0.2) is 23.0 Å². The van der Waals surface area contributed by atoms with Crippen LogP contribution in [0.25, 0.3) is 22.5 Å². The summed E-state index contributed by atoms with van der Waals surface area (Å²) < 4.78 is 5.41. The average Bonchev–Trinajstić information content (AvgIpc) is 3.38. The second-order valence-corrected chi connectivity index (χ2v) is 9.15. The molecule has 1 unspecified atom stereocenters. The maximum absolute atomic E-state index is 11.9. The van der Waals surface area contributed by atoms with E-state index in [1.165, 1.54) is 7.05 Å². The van der Waals surface area contributed by atoms with Crippen LogP contribution < -0.4 is 10.6 Å². The summed E-state index contributed by atoms with van der Waals surface area (Å²) in [4.78, 5) is 23.8. The number of hydrogen-bond donors (Lipinski definition) is 4. The molecular weight excluding hydrogens is 384 g/mol. The third-order valence-corrected chi connectivity index (χ3v) is 7.23. The fourth-order valence-corrected chi connectivity index (χ4v) is 6.25. The molecule has 0 aliphatic heterocycles. The van der Waals surface area contributed by atoms with Crippen LogP contribution in [0.3, 0.4) is 0 Å². The Bertz CT molecular complexity index is 1120. The Labute approximate surface area is 172 Å². The molecule has 5 atom stereocenters. The van der Waals surface area contributed by atoms with E-state index in [0.29, 0.717) is 23.3 Å².